The number of nitrogens with zero attached hydrogens (tertiary/aromatic N) is 2. The summed E-state index contributed by atoms with van der Waals surface area (Å²) in [5.41, 5.74) is 14.0. The van der Waals surface area contributed by atoms with Crippen molar-refractivity contribution in [2.24, 2.45) is 10.6 Å². The van der Waals surface area contributed by atoms with E-state index in [1.165, 1.54) is 6.08 Å². The second-order valence-corrected chi connectivity index (χ2v) is 8.24. The molecule has 0 fully saturated rings. The van der Waals surface area contributed by atoms with Crippen LogP contribution in [0.1, 0.15) is 11.3 Å². The van der Waals surface area contributed by atoms with Crippen molar-refractivity contribution >= 4 is 30.3 Å². The Morgan fingerprint density at radius 1 is 0.971 bits per heavy atom. The van der Waals surface area contributed by atoms with Gasteiger partial charge in [-0.2, -0.15) is 0 Å². The minimum atomic E-state index is -0.247. The fourth-order valence-corrected chi connectivity index (χ4v) is 4.17. The molecule has 0 unspecified atom stereocenters. The van der Waals surface area contributed by atoms with E-state index in [0.717, 1.165) is 39.0 Å². The van der Waals surface area contributed by atoms with E-state index in [0.29, 0.717) is 30.6 Å². The van der Waals surface area contributed by atoms with Gasteiger partial charge in [0.1, 0.15) is 11.6 Å². The van der Waals surface area contributed by atoms with Crippen LogP contribution < -0.4 is 21.3 Å². The number of hydrogen-bond acceptors (Lipinski definition) is 5. The molecule has 1 aliphatic rings. The Morgan fingerprint density at radius 3 is 2.43 bits per heavy atom. The Kier molecular flexibility index (Phi) is 5.89. The number of amidine groups is 1. The maximum absolute atomic E-state index is 11.6. The number of ether oxygens (including phenoxy) is 1. The normalized spacial score (nSPS) is 11.7. The summed E-state index contributed by atoms with van der Waals surface area (Å²) < 4.78 is 5.93. The van der Waals surface area contributed by atoms with Gasteiger partial charge in [0.05, 0.1) is 0 Å². The van der Waals surface area contributed by atoms with Crippen molar-refractivity contribution in [2.45, 2.75) is 6.92 Å². The Labute approximate surface area is 204 Å². The number of hydrogen-bond donors (Lipinski definition) is 2. The average molecular weight is 458 g/mol. The number of pyridine rings is 1. The fraction of sp³-hybridized carbons (Fsp3) is 0.0357. The minimum absolute atomic E-state index is 0.247. The fourth-order valence-electron chi connectivity index (χ4n) is 4.17. The summed E-state index contributed by atoms with van der Waals surface area (Å²) in [5, 5.41) is 2.78. The molecule has 0 spiro atoms. The van der Waals surface area contributed by atoms with Gasteiger partial charge in [-0.05, 0) is 71.0 Å². The van der Waals surface area contributed by atoms with Gasteiger partial charge in [0.2, 0.25) is 11.8 Å². The van der Waals surface area contributed by atoms with Crippen LogP contribution in [0.15, 0.2) is 96.4 Å². The number of rotatable bonds is 6. The van der Waals surface area contributed by atoms with Crippen molar-refractivity contribution < 1.29 is 9.53 Å². The molecule has 170 valence electrons. The summed E-state index contributed by atoms with van der Waals surface area (Å²) in [6.07, 6.45) is 1.25. The molecule has 2 heterocycles. The molecule has 5 rings (SSSR count). The summed E-state index contributed by atoms with van der Waals surface area (Å²) in [4.78, 5) is 20.5. The van der Waals surface area contributed by atoms with Crippen LogP contribution in [0.5, 0.6) is 11.6 Å². The largest absolute Gasteiger partial charge is 0.439 e. The van der Waals surface area contributed by atoms with Crippen LogP contribution in [0.3, 0.4) is 0 Å². The van der Waals surface area contributed by atoms with Gasteiger partial charge in [-0.1, -0.05) is 49.0 Å². The van der Waals surface area contributed by atoms with Gasteiger partial charge in [0.25, 0.3) is 7.41 Å². The number of carbonyl (C=O) groups excluding carboxylic acids is 1. The number of anilines is 1. The van der Waals surface area contributed by atoms with E-state index in [-0.39, 0.29) is 5.91 Å². The Morgan fingerprint density at radius 2 is 1.71 bits per heavy atom. The predicted octanol–water partition coefficient (Wildman–Crippen LogP) is 4.34. The maximum atomic E-state index is 11.6. The molecule has 6 nitrogen and oxygen atoms in total. The third-order valence-electron chi connectivity index (χ3n) is 5.84. The SMILES string of the molecule is C=CC(=O)Nc1ccc(-c2ccc3c(c2-c2ccc(Oc4cccc(C)n4)cc2)C(N)=NB3)cc1. The summed E-state index contributed by atoms with van der Waals surface area (Å²) >= 11 is 0. The predicted molar refractivity (Wildman–Crippen MR) is 143 cm³/mol. The van der Waals surface area contributed by atoms with Gasteiger partial charge in [0, 0.05) is 23.0 Å². The lowest BCUT2D eigenvalue weighted by Crippen LogP contribution is -2.19. The van der Waals surface area contributed by atoms with Crippen LogP contribution >= 0.6 is 0 Å². The van der Waals surface area contributed by atoms with Crippen molar-refractivity contribution in [3.63, 3.8) is 0 Å². The molecule has 4 aromatic rings. The topological polar surface area (TPSA) is 89.6 Å². The summed E-state index contributed by atoms with van der Waals surface area (Å²) in [5.74, 6) is 1.54. The quantitative estimate of drug-likeness (QED) is 0.332. The standard InChI is InChI=1S/C28H23BN4O2/c1-3-24(34)32-20-11-7-18(8-12-20)22-15-16-23-27(28(30)33-29-23)26(22)19-9-13-21(14-10-19)35-25-6-4-5-17(2)31-25/h3-16,29H,1H2,2H3,(H2,30,33)(H,32,34). The van der Waals surface area contributed by atoms with Gasteiger partial charge in [-0.15, -0.1) is 0 Å². The lowest BCUT2D eigenvalue weighted by atomic mass is 9.78. The van der Waals surface area contributed by atoms with Crippen molar-refractivity contribution in [1.82, 2.24) is 4.98 Å². The first-order chi connectivity index (χ1) is 17.0. The zero-order chi connectivity index (χ0) is 24.4. The lowest BCUT2D eigenvalue weighted by Gasteiger charge is -2.17. The number of benzene rings is 3. The average Bonchev–Trinajstić information content (AvgIpc) is 3.25. The van der Waals surface area contributed by atoms with Gasteiger partial charge in [-0.25, -0.2) is 4.98 Å². The zero-order valence-electron chi connectivity index (χ0n) is 19.3. The highest BCUT2D eigenvalue weighted by Gasteiger charge is 2.23. The van der Waals surface area contributed by atoms with E-state index in [2.05, 4.69) is 33.9 Å². The molecular formula is C28H23BN4O2. The summed E-state index contributed by atoms with van der Waals surface area (Å²) in [7, 11) is 0.571. The van der Waals surface area contributed by atoms with E-state index in [1.54, 1.807) is 0 Å². The number of carbonyl (C=O) groups is 1. The lowest BCUT2D eigenvalue weighted by molar-refractivity contribution is -0.111. The van der Waals surface area contributed by atoms with Crippen molar-refractivity contribution in [3.8, 4) is 33.9 Å². The number of aryl methyl sites for hydroxylation is 1. The van der Waals surface area contributed by atoms with E-state index in [9.17, 15) is 4.79 Å². The molecule has 0 aliphatic carbocycles. The highest BCUT2D eigenvalue weighted by atomic mass is 16.5. The van der Waals surface area contributed by atoms with E-state index >= 15 is 0 Å². The molecule has 1 aliphatic heterocycles. The van der Waals surface area contributed by atoms with Crippen molar-refractivity contribution in [2.75, 3.05) is 5.32 Å². The van der Waals surface area contributed by atoms with Gasteiger partial charge < -0.3 is 20.7 Å². The molecule has 7 heteroatoms. The van der Waals surface area contributed by atoms with Crippen LogP contribution in [0.4, 0.5) is 5.69 Å². The maximum Gasteiger partial charge on any atom is 0.297 e. The first-order valence-electron chi connectivity index (χ1n) is 11.2. The molecular weight excluding hydrogens is 435 g/mol. The Bertz CT molecular complexity index is 1460. The molecule has 0 saturated carbocycles. The number of aromatic nitrogens is 1. The molecule has 35 heavy (non-hydrogen) atoms. The minimum Gasteiger partial charge on any atom is -0.439 e. The smallest absolute Gasteiger partial charge is 0.297 e. The van der Waals surface area contributed by atoms with Crippen LogP contribution in [0.25, 0.3) is 22.3 Å². The third kappa shape index (κ3) is 4.57. The highest BCUT2D eigenvalue weighted by molar-refractivity contribution is 6.60. The van der Waals surface area contributed by atoms with Crippen LogP contribution in [-0.2, 0) is 4.79 Å². The number of fused-ring (bicyclic) bond motifs is 1. The molecule has 0 radical (unpaired) electrons. The van der Waals surface area contributed by atoms with Gasteiger partial charge in [0.15, 0.2) is 0 Å². The van der Waals surface area contributed by atoms with Crippen molar-refractivity contribution in [1.29, 1.82) is 0 Å². The molecule has 3 aromatic carbocycles. The first kappa shape index (κ1) is 22.2. The summed E-state index contributed by atoms with van der Waals surface area (Å²) in [6, 6.07) is 25.5. The Balaban J connectivity index is 1.53. The molecule has 1 aromatic heterocycles. The number of nitrogens with two attached hydrogens (primary N) is 1. The number of nitrogens with one attached hydrogen (secondary N) is 1. The van der Waals surface area contributed by atoms with E-state index < -0.39 is 0 Å². The second-order valence-electron chi connectivity index (χ2n) is 8.24. The van der Waals surface area contributed by atoms with Crippen LogP contribution in [-0.4, -0.2) is 24.1 Å². The van der Waals surface area contributed by atoms with Crippen LogP contribution in [0.2, 0.25) is 0 Å². The monoisotopic (exact) mass is 458 g/mol. The van der Waals surface area contributed by atoms with Crippen molar-refractivity contribution in [3.05, 3.63) is 103 Å². The first-order valence-corrected chi connectivity index (χ1v) is 11.2. The highest BCUT2D eigenvalue weighted by Crippen LogP contribution is 2.36. The molecule has 0 atom stereocenters. The van der Waals surface area contributed by atoms with Gasteiger partial charge >= 0.3 is 0 Å². The second kappa shape index (κ2) is 9.31. The van der Waals surface area contributed by atoms with E-state index in [4.69, 9.17) is 10.5 Å². The van der Waals surface area contributed by atoms with E-state index in [1.807, 2.05) is 73.7 Å². The molecule has 0 saturated heterocycles. The van der Waals surface area contributed by atoms with Crippen LogP contribution in [0, 0.1) is 6.92 Å². The molecule has 0 bridgehead atoms. The number of amides is 1. The summed E-state index contributed by atoms with van der Waals surface area (Å²) in [6.45, 7) is 5.42. The third-order valence-corrected chi connectivity index (χ3v) is 5.84. The molecule has 1 amide bonds. The van der Waals surface area contributed by atoms with Gasteiger partial charge in [-0.3, -0.25) is 4.79 Å². The zero-order valence-corrected chi connectivity index (χ0v) is 19.3. The molecule has 3 N–H and O–H groups in total. The Hall–Kier alpha value is -4.65.